The van der Waals surface area contributed by atoms with E-state index in [0.717, 1.165) is 23.9 Å². The van der Waals surface area contributed by atoms with Crippen molar-refractivity contribution < 1.29 is 13.2 Å². The third kappa shape index (κ3) is 1.96. The standard InChI is InChI=1S/C8H3ClF3N3S/c9-7-8(15-16-14-7)13-4-2-1-3(10)5(11)6(4)12/h1-2H,(H,13,15). The Morgan fingerprint density at radius 3 is 2.50 bits per heavy atom. The smallest absolute Gasteiger partial charge is 0.196 e. The lowest BCUT2D eigenvalue weighted by Gasteiger charge is -2.05. The number of aromatic nitrogens is 2. The molecule has 0 unspecified atom stereocenters. The molecular formula is C8H3ClF3N3S. The van der Waals surface area contributed by atoms with Crippen molar-refractivity contribution in [3.8, 4) is 0 Å². The van der Waals surface area contributed by atoms with Crippen molar-refractivity contribution in [2.45, 2.75) is 0 Å². The molecule has 0 spiro atoms. The van der Waals surface area contributed by atoms with Gasteiger partial charge in [-0.15, -0.1) is 0 Å². The number of hydrogen-bond acceptors (Lipinski definition) is 4. The fourth-order valence-electron chi connectivity index (χ4n) is 1.00. The molecule has 3 nitrogen and oxygen atoms in total. The Morgan fingerprint density at radius 2 is 1.88 bits per heavy atom. The number of nitrogens with zero attached hydrogens (tertiary/aromatic N) is 2. The summed E-state index contributed by atoms with van der Waals surface area (Å²) in [6.07, 6.45) is 0. The van der Waals surface area contributed by atoms with E-state index in [-0.39, 0.29) is 16.7 Å². The van der Waals surface area contributed by atoms with Crippen LogP contribution in [0.4, 0.5) is 24.7 Å². The van der Waals surface area contributed by atoms with Gasteiger partial charge in [0.25, 0.3) is 0 Å². The van der Waals surface area contributed by atoms with Crippen molar-refractivity contribution in [1.82, 2.24) is 8.75 Å². The number of hydrogen-bond donors (Lipinski definition) is 1. The largest absolute Gasteiger partial charge is 0.334 e. The average molecular weight is 266 g/mol. The van der Waals surface area contributed by atoms with Crippen molar-refractivity contribution in [3.63, 3.8) is 0 Å². The first-order chi connectivity index (χ1) is 7.59. The van der Waals surface area contributed by atoms with Crippen molar-refractivity contribution in [1.29, 1.82) is 0 Å². The quantitative estimate of drug-likeness (QED) is 0.846. The fraction of sp³-hybridized carbons (Fsp3) is 0. The van der Waals surface area contributed by atoms with E-state index in [2.05, 4.69) is 14.1 Å². The molecule has 0 atom stereocenters. The van der Waals surface area contributed by atoms with Gasteiger partial charge in [0.15, 0.2) is 28.4 Å². The molecule has 0 aliphatic carbocycles. The molecule has 0 saturated heterocycles. The van der Waals surface area contributed by atoms with E-state index in [9.17, 15) is 13.2 Å². The van der Waals surface area contributed by atoms with Gasteiger partial charge in [0.2, 0.25) is 0 Å². The zero-order valence-corrected chi connectivity index (χ0v) is 9.04. The highest BCUT2D eigenvalue weighted by Gasteiger charge is 2.15. The predicted molar refractivity (Wildman–Crippen MR) is 54.5 cm³/mol. The van der Waals surface area contributed by atoms with Gasteiger partial charge in [-0.25, -0.2) is 13.2 Å². The van der Waals surface area contributed by atoms with Gasteiger partial charge >= 0.3 is 0 Å². The lowest BCUT2D eigenvalue weighted by molar-refractivity contribution is 0.449. The molecule has 2 rings (SSSR count). The Hall–Kier alpha value is -1.34. The maximum absolute atomic E-state index is 13.2. The van der Waals surface area contributed by atoms with Gasteiger partial charge in [-0.2, -0.15) is 8.75 Å². The van der Waals surface area contributed by atoms with Crippen LogP contribution >= 0.6 is 23.3 Å². The second kappa shape index (κ2) is 4.26. The monoisotopic (exact) mass is 265 g/mol. The summed E-state index contributed by atoms with van der Waals surface area (Å²) in [5.41, 5.74) is -0.256. The SMILES string of the molecule is Fc1ccc(Nc2nsnc2Cl)c(F)c1F. The third-order valence-corrected chi connectivity index (χ3v) is 2.63. The van der Waals surface area contributed by atoms with E-state index < -0.39 is 17.5 Å². The Morgan fingerprint density at radius 1 is 1.12 bits per heavy atom. The first-order valence-electron chi connectivity index (χ1n) is 3.98. The van der Waals surface area contributed by atoms with Crippen LogP contribution in [0.15, 0.2) is 12.1 Å². The summed E-state index contributed by atoms with van der Waals surface area (Å²) in [6.45, 7) is 0. The first-order valence-corrected chi connectivity index (χ1v) is 5.09. The summed E-state index contributed by atoms with van der Waals surface area (Å²) >= 11 is 6.41. The summed E-state index contributed by atoms with van der Waals surface area (Å²) in [5, 5.41) is 2.45. The van der Waals surface area contributed by atoms with Crippen LogP contribution in [0.2, 0.25) is 5.15 Å². The molecule has 1 heterocycles. The van der Waals surface area contributed by atoms with Crippen LogP contribution in [0.3, 0.4) is 0 Å². The van der Waals surface area contributed by atoms with Crippen molar-refractivity contribution in [2.24, 2.45) is 0 Å². The molecular weight excluding hydrogens is 263 g/mol. The van der Waals surface area contributed by atoms with E-state index in [1.807, 2.05) is 0 Å². The molecule has 84 valence electrons. The van der Waals surface area contributed by atoms with Crippen LogP contribution in [-0.2, 0) is 0 Å². The van der Waals surface area contributed by atoms with Gasteiger partial charge in [0.05, 0.1) is 17.4 Å². The van der Waals surface area contributed by atoms with Crippen LogP contribution in [0.5, 0.6) is 0 Å². The number of benzene rings is 1. The van der Waals surface area contributed by atoms with E-state index in [1.54, 1.807) is 0 Å². The second-order valence-electron chi connectivity index (χ2n) is 2.75. The minimum Gasteiger partial charge on any atom is -0.334 e. The second-order valence-corrected chi connectivity index (χ2v) is 3.64. The highest BCUT2D eigenvalue weighted by atomic mass is 35.5. The van der Waals surface area contributed by atoms with Gasteiger partial charge in [-0.05, 0) is 12.1 Å². The molecule has 0 aliphatic rings. The number of nitrogens with one attached hydrogen (secondary N) is 1. The first kappa shape index (κ1) is 11.2. The molecule has 0 saturated carbocycles. The van der Waals surface area contributed by atoms with Gasteiger partial charge in [-0.3, -0.25) is 0 Å². The van der Waals surface area contributed by atoms with Gasteiger partial charge in [0.1, 0.15) is 0 Å². The van der Waals surface area contributed by atoms with Gasteiger partial charge in [-0.1, -0.05) is 11.6 Å². The molecule has 1 aromatic heterocycles. The topological polar surface area (TPSA) is 37.8 Å². The van der Waals surface area contributed by atoms with Crippen LogP contribution < -0.4 is 5.32 Å². The Bertz CT molecular complexity index is 531. The summed E-state index contributed by atoms with van der Waals surface area (Å²) in [5.74, 6) is -4.05. The number of halogens is 4. The minimum atomic E-state index is -1.55. The summed E-state index contributed by atoms with van der Waals surface area (Å²) < 4.78 is 46.0. The van der Waals surface area contributed by atoms with Gasteiger partial charge in [0, 0.05) is 0 Å². The lowest BCUT2D eigenvalue weighted by atomic mass is 10.3. The lowest BCUT2D eigenvalue weighted by Crippen LogP contribution is -1.99. The molecule has 1 N–H and O–H groups in total. The minimum absolute atomic E-state index is 0.0362. The molecule has 0 fully saturated rings. The zero-order valence-electron chi connectivity index (χ0n) is 7.47. The van der Waals surface area contributed by atoms with Gasteiger partial charge < -0.3 is 5.32 Å². The summed E-state index contributed by atoms with van der Waals surface area (Å²) in [7, 11) is 0. The number of rotatable bonds is 2. The predicted octanol–water partition coefficient (Wildman–Crippen LogP) is 3.35. The van der Waals surface area contributed by atoms with Crippen molar-refractivity contribution in [2.75, 3.05) is 5.32 Å². The number of anilines is 2. The Balaban J connectivity index is 2.36. The zero-order chi connectivity index (χ0) is 11.7. The maximum atomic E-state index is 13.2. The van der Waals surface area contributed by atoms with Crippen LogP contribution in [-0.4, -0.2) is 8.75 Å². The Kier molecular flexibility index (Phi) is 2.97. The normalized spacial score (nSPS) is 10.5. The van der Waals surface area contributed by atoms with Crippen molar-refractivity contribution >= 4 is 34.8 Å². The van der Waals surface area contributed by atoms with Crippen LogP contribution in [0.25, 0.3) is 0 Å². The van der Waals surface area contributed by atoms with Crippen LogP contribution in [0, 0.1) is 17.5 Å². The van der Waals surface area contributed by atoms with E-state index in [4.69, 9.17) is 11.6 Å². The molecule has 0 bridgehead atoms. The molecule has 16 heavy (non-hydrogen) atoms. The molecule has 1 aromatic carbocycles. The van der Waals surface area contributed by atoms with Crippen LogP contribution in [0.1, 0.15) is 0 Å². The van der Waals surface area contributed by atoms with E-state index >= 15 is 0 Å². The fourth-order valence-corrected chi connectivity index (χ4v) is 1.65. The van der Waals surface area contributed by atoms with Crippen molar-refractivity contribution in [3.05, 3.63) is 34.7 Å². The molecule has 0 radical (unpaired) electrons. The van der Waals surface area contributed by atoms with E-state index in [0.29, 0.717) is 0 Å². The summed E-state index contributed by atoms with van der Waals surface area (Å²) in [6, 6.07) is 1.85. The molecule has 0 aliphatic heterocycles. The summed E-state index contributed by atoms with van der Waals surface area (Å²) in [4.78, 5) is 0. The third-order valence-electron chi connectivity index (χ3n) is 1.74. The average Bonchev–Trinajstić information content (AvgIpc) is 2.65. The molecule has 0 amide bonds. The highest BCUT2D eigenvalue weighted by Crippen LogP contribution is 2.26. The molecule has 8 heteroatoms. The Labute approximate surface area is 97.2 Å². The highest BCUT2D eigenvalue weighted by molar-refractivity contribution is 6.99. The maximum Gasteiger partial charge on any atom is 0.196 e. The van der Waals surface area contributed by atoms with E-state index in [1.165, 1.54) is 0 Å². The molecule has 2 aromatic rings.